The van der Waals surface area contributed by atoms with E-state index >= 15 is 0 Å². The summed E-state index contributed by atoms with van der Waals surface area (Å²) in [4.78, 5) is 12.2. The van der Waals surface area contributed by atoms with Gasteiger partial charge in [-0.05, 0) is 36.4 Å². The van der Waals surface area contributed by atoms with Gasteiger partial charge in [-0.1, -0.05) is 35.1 Å². The van der Waals surface area contributed by atoms with Crippen molar-refractivity contribution in [2.24, 2.45) is 0 Å². The van der Waals surface area contributed by atoms with Crippen molar-refractivity contribution in [3.8, 4) is 5.75 Å². The topological polar surface area (TPSA) is 110 Å². The van der Waals surface area contributed by atoms with Crippen LogP contribution in [-0.2, 0) is 10.0 Å². The van der Waals surface area contributed by atoms with Gasteiger partial charge in [0.25, 0.3) is 20.3 Å². The van der Waals surface area contributed by atoms with Crippen molar-refractivity contribution in [3.05, 3.63) is 59.1 Å². The maximum Gasteiger partial charge on any atom is 0.291 e. The summed E-state index contributed by atoms with van der Waals surface area (Å²) < 4.78 is 32.2. The quantitative estimate of drug-likeness (QED) is 0.587. The van der Waals surface area contributed by atoms with Gasteiger partial charge in [-0.25, -0.2) is 0 Å². The number of ether oxygens (including phenoxy) is 1. The molecule has 0 saturated heterocycles. The average Bonchev–Trinajstić information content (AvgIpc) is 3.12. The fourth-order valence-electron chi connectivity index (χ4n) is 2.06. The van der Waals surface area contributed by atoms with Crippen LogP contribution in [0, 0.1) is 0 Å². The van der Waals surface area contributed by atoms with Crippen LogP contribution >= 0.6 is 22.9 Å². The van der Waals surface area contributed by atoms with Gasteiger partial charge in [-0.3, -0.25) is 14.8 Å². The van der Waals surface area contributed by atoms with Gasteiger partial charge in [0, 0.05) is 10.6 Å². The summed E-state index contributed by atoms with van der Waals surface area (Å²) in [5.41, 5.74) is 0.619. The summed E-state index contributed by atoms with van der Waals surface area (Å²) in [5, 5.41) is 10.4. The van der Waals surface area contributed by atoms with Gasteiger partial charge in [0.05, 0.1) is 12.8 Å². The number of rotatable bonds is 6. The van der Waals surface area contributed by atoms with Crippen LogP contribution in [0.3, 0.4) is 0 Å². The Kier molecular flexibility index (Phi) is 5.59. The Labute approximate surface area is 164 Å². The maximum atomic E-state index is 12.5. The second kappa shape index (κ2) is 7.91. The van der Waals surface area contributed by atoms with Gasteiger partial charge in [-0.2, -0.15) is 8.42 Å². The van der Waals surface area contributed by atoms with E-state index in [2.05, 4.69) is 20.2 Å². The molecule has 27 heavy (non-hydrogen) atoms. The van der Waals surface area contributed by atoms with Crippen LogP contribution in [0.15, 0.2) is 52.9 Å². The van der Waals surface area contributed by atoms with E-state index in [0.29, 0.717) is 16.3 Å². The smallest absolute Gasteiger partial charge is 0.291 e. The molecule has 2 N–H and O–H groups in total. The SMILES string of the molecule is COc1ccccc1NS(=O)(=O)c1nnc(NC(=O)c2ccc(Cl)cc2)s1. The van der Waals surface area contributed by atoms with E-state index in [9.17, 15) is 13.2 Å². The molecule has 0 fully saturated rings. The molecule has 1 heterocycles. The lowest BCUT2D eigenvalue weighted by Gasteiger charge is -2.09. The number of halogens is 1. The Morgan fingerprint density at radius 3 is 2.52 bits per heavy atom. The molecule has 3 aromatic rings. The highest BCUT2D eigenvalue weighted by Crippen LogP contribution is 2.28. The normalized spacial score (nSPS) is 11.0. The first-order valence-corrected chi connectivity index (χ1v) is 10.1. The maximum absolute atomic E-state index is 12.5. The molecular weight excluding hydrogens is 412 g/mol. The number of methoxy groups -OCH3 is 1. The largest absolute Gasteiger partial charge is 0.495 e. The standard InChI is InChI=1S/C16H13ClN4O4S2/c1-25-13-5-3-2-4-12(13)21-27(23,24)16-20-19-15(26-16)18-14(22)10-6-8-11(17)9-7-10/h2-9,21H,1H3,(H,18,19,22). The van der Waals surface area contributed by atoms with Crippen LogP contribution in [0.2, 0.25) is 5.02 Å². The molecule has 140 valence electrons. The second-order valence-corrected chi connectivity index (χ2v) is 8.41. The predicted molar refractivity (Wildman–Crippen MR) is 103 cm³/mol. The van der Waals surface area contributed by atoms with E-state index in [1.54, 1.807) is 48.5 Å². The number of nitrogens with one attached hydrogen (secondary N) is 2. The van der Waals surface area contributed by atoms with Gasteiger partial charge in [0.2, 0.25) is 5.13 Å². The second-order valence-electron chi connectivity index (χ2n) is 5.14. The number of benzene rings is 2. The molecule has 1 amide bonds. The zero-order valence-corrected chi connectivity index (χ0v) is 16.2. The van der Waals surface area contributed by atoms with Crippen molar-refractivity contribution in [2.45, 2.75) is 4.34 Å². The first-order chi connectivity index (χ1) is 12.9. The molecule has 3 rings (SSSR count). The summed E-state index contributed by atoms with van der Waals surface area (Å²) in [6.45, 7) is 0. The number of carbonyl (C=O) groups excluding carboxylic acids is 1. The minimum atomic E-state index is -3.98. The Bertz CT molecular complexity index is 1070. The van der Waals surface area contributed by atoms with E-state index in [4.69, 9.17) is 16.3 Å². The first kappa shape index (κ1) is 19.1. The van der Waals surface area contributed by atoms with Gasteiger partial charge in [0.1, 0.15) is 5.75 Å². The number of amides is 1. The predicted octanol–water partition coefficient (Wildman–Crippen LogP) is 3.25. The third-order valence-corrected chi connectivity index (χ3v) is 6.14. The van der Waals surface area contributed by atoms with Gasteiger partial charge in [-0.15, -0.1) is 10.2 Å². The lowest BCUT2D eigenvalue weighted by molar-refractivity contribution is 0.102. The fourth-order valence-corrected chi connectivity index (χ4v) is 4.15. The highest BCUT2D eigenvalue weighted by molar-refractivity contribution is 7.94. The average molecular weight is 425 g/mol. The van der Waals surface area contributed by atoms with Crippen molar-refractivity contribution < 1.29 is 17.9 Å². The van der Waals surface area contributed by atoms with E-state index in [1.165, 1.54) is 7.11 Å². The minimum absolute atomic E-state index is 0.0513. The number of hydrogen-bond donors (Lipinski definition) is 2. The van der Waals surface area contributed by atoms with Crippen LogP contribution in [0.5, 0.6) is 5.75 Å². The molecule has 0 aliphatic carbocycles. The van der Waals surface area contributed by atoms with Gasteiger partial charge in [0.15, 0.2) is 0 Å². The molecule has 0 spiro atoms. The van der Waals surface area contributed by atoms with Crippen molar-refractivity contribution in [3.63, 3.8) is 0 Å². The van der Waals surface area contributed by atoms with E-state index in [0.717, 1.165) is 11.3 Å². The Hall–Kier alpha value is -2.69. The zero-order valence-electron chi connectivity index (χ0n) is 13.8. The van der Waals surface area contributed by atoms with E-state index in [1.807, 2.05) is 0 Å². The monoisotopic (exact) mass is 424 g/mol. The third-order valence-electron chi connectivity index (χ3n) is 3.31. The number of para-hydroxylation sites is 2. The van der Waals surface area contributed by atoms with Crippen LogP contribution in [0.4, 0.5) is 10.8 Å². The number of nitrogens with zero attached hydrogens (tertiary/aromatic N) is 2. The van der Waals surface area contributed by atoms with Crippen LogP contribution in [0.1, 0.15) is 10.4 Å². The molecule has 0 saturated carbocycles. The lowest BCUT2D eigenvalue weighted by atomic mass is 10.2. The van der Waals surface area contributed by atoms with E-state index in [-0.39, 0.29) is 15.2 Å². The molecule has 0 atom stereocenters. The third kappa shape index (κ3) is 4.54. The van der Waals surface area contributed by atoms with Crippen molar-refractivity contribution in [2.75, 3.05) is 17.1 Å². The van der Waals surface area contributed by atoms with Crippen molar-refractivity contribution in [1.29, 1.82) is 0 Å². The number of hydrogen-bond acceptors (Lipinski definition) is 7. The summed E-state index contributed by atoms with van der Waals surface area (Å²) in [6.07, 6.45) is 0. The molecule has 0 bridgehead atoms. The molecule has 0 unspecified atom stereocenters. The molecule has 0 aliphatic rings. The summed E-state index contributed by atoms with van der Waals surface area (Å²) in [7, 11) is -2.55. The molecule has 0 radical (unpaired) electrons. The molecule has 0 aliphatic heterocycles. The highest BCUT2D eigenvalue weighted by atomic mass is 35.5. The lowest BCUT2D eigenvalue weighted by Crippen LogP contribution is -2.13. The van der Waals surface area contributed by atoms with Gasteiger partial charge < -0.3 is 4.74 Å². The van der Waals surface area contributed by atoms with Crippen LogP contribution < -0.4 is 14.8 Å². The first-order valence-electron chi connectivity index (χ1n) is 7.45. The molecule has 2 aromatic carbocycles. The molecule has 8 nitrogen and oxygen atoms in total. The highest BCUT2D eigenvalue weighted by Gasteiger charge is 2.22. The minimum Gasteiger partial charge on any atom is -0.495 e. The number of anilines is 2. The Morgan fingerprint density at radius 2 is 1.81 bits per heavy atom. The van der Waals surface area contributed by atoms with Gasteiger partial charge >= 0.3 is 0 Å². The van der Waals surface area contributed by atoms with E-state index < -0.39 is 15.9 Å². The summed E-state index contributed by atoms with van der Waals surface area (Å²) in [5.74, 6) is -0.0914. The summed E-state index contributed by atoms with van der Waals surface area (Å²) >= 11 is 6.51. The Morgan fingerprint density at radius 1 is 1.11 bits per heavy atom. The fraction of sp³-hybridized carbons (Fsp3) is 0.0625. The van der Waals surface area contributed by atoms with Crippen LogP contribution in [0.25, 0.3) is 0 Å². The number of carbonyl (C=O) groups is 1. The Balaban J connectivity index is 1.76. The summed E-state index contributed by atoms with van der Waals surface area (Å²) in [6, 6.07) is 12.8. The molecule has 1 aromatic heterocycles. The number of aromatic nitrogens is 2. The molecule has 11 heteroatoms. The zero-order chi connectivity index (χ0) is 19.4. The van der Waals surface area contributed by atoms with Crippen molar-refractivity contribution in [1.82, 2.24) is 10.2 Å². The van der Waals surface area contributed by atoms with Crippen LogP contribution in [-0.4, -0.2) is 31.6 Å². The number of sulfonamides is 1. The van der Waals surface area contributed by atoms with Crippen molar-refractivity contribution >= 4 is 49.7 Å². The molecular formula is C16H13ClN4O4S2.